The zero-order valence-electron chi connectivity index (χ0n) is 11.5. The Hall–Kier alpha value is -1.95. The van der Waals surface area contributed by atoms with E-state index in [1.54, 1.807) is 12.1 Å². The summed E-state index contributed by atoms with van der Waals surface area (Å²) in [4.78, 5) is 0.175. The van der Waals surface area contributed by atoms with E-state index in [0.717, 1.165) is 17.0 Å². The lowest BCUT2D eigenvalue weighted by molar-refractivity contribution is 0.392. The van der Waals surface area contributed by atoms with Gasteiger partial charge in [-0.3, -0.25) is 0 Å². The second-order valence-corrected chi connectivity index (χ2v) is 5.10. The van der Waals surface area contributed by atoms with E-state index in [2.05, 4.69) is 10.5 Å². The standard InChI is InChI=1S/C14H16FN3OS/c1-7(13-8(2)18-19-9(13)3)17-12-5-4-10(14(16)20)6-11(12)15/h4-7,17H,1-3H3,(H2,16,20). The molecule has 0 fully saturated rings. The number of nitrogens with two attached hydrogens (primary N) is 1. The van der Waals surface area contributed by atoms with Gasteiger partial charge in [-0.1, -0.05) is 17.4 Å². The van der Waals surface area contributed by atoms with Crippen molar-refractivity contribution in [3.63, 3.8) is 0 Å². The Labute approximate surface area is 122 Å². The molecule has 0 saturated carbocycles. The van der Waals surface area contributed by atoms with Crippen molar-refractivity contribution in [1.29, 1.82) is 0 Å². The largest absolute Gasteiger partial charge is 0.389 e. The second kappa shape index (κ2) is 5.58. The Morgan fingerprint density at radius 2 is 2.15 bits per heavy atom. The number of hydrogen-bond donors (Lipinski definition) is 2. The number of rotatable bonds is 4. The van der Waals surface area contributed by atoms with Gasteiger partial charge in [0.25, 0.3) is 0 Å². The molecular weight excluding hydrogens is 277 g/mol. The summed E-state index contributed by atoms with van der Waals surface area (Å²) in [6.07, 6.45) is 0. The number of aryl methyl sites for hydroxylation is 2. The van der Waals surface area contributed by atoms with Gasteiger partial charge in [-0.15, -0.1) is 0 Å². The van der Waals surface area contributed by atoms with E-state index < -0.39 is 5.82 Å². The molecule has 1 unspecified atom stereocenters. The SMILES string of the molecule is Cc1noc(C)c1C(C)Nc1ccc(C(N)=S)cc1F. The van der Waals surface area contributed by atoms with E-state index in [-0.39, 0.29) is 11.0 Å². The lowest BCUT2D eigenvalue weighted by Gasteiger charge is -2.16. The molecule has 2 aromatic rings. The van der Waals surface area contributed by atoms with E-state index in [1.807, 2.05) is 20.8 Å². The maximum absolute atomic E-state index is 14.0. The van der Waals surface area contributed by atoms with Gasteiger partial charge in [0.2, 0.25) is 0 Å². The number of hydrogen-bond acceptors (Lipinski definition) is 4. The van der Waals surface area contributed by atoms with Crippen molar-refractivity contribution in [2.75, 3.05) is 5.32 Å². The molecule has 0 aliphatic heterocycles. The molecule has 0 aliphatic rings. The summed E-state index contributed by atoms with van der Waals surface area (Å²) in [5.74, 6) is 0.330. The minimum atomic E-state index is -0.395. The van der Waals surface area contributed by atoms with Crippen molar-refractivity contribution in [2.24, 2.45) is 5.73 Å². The van der Waals surface area contributed by atoms with Crippen molar-refractivity contribution in [1.82, 2.24) is 5.16 Å². The van der Waals surface area contributed by atoms with Crippen molar-refractivity contribution < 1.29 is 8.91 Å². The van der Waals surface area contributed by atoms with Gasteiger partial charge in [0, 0.05) is 11.1 Å². The summed E-state index contributed by atoms with van der Waals surface area (Å²) >= 11 is 4.82. The summed E-state index contributed by atoms with van der Waals surface area (Å²) in [6, 6.07) is 4.52. The van der Waals surface area contributed by atoms with Crippen molar-refractivity contribution in [3.05, 3.63) is 46.6 Å². The molecule has 20 heavy (non-hydrogen) atoms. The first-order chi connectivity index (χ1) is 9.40. The number of anilines is 1. The smallest absolute Gasteiger partial charge is 0.147 e. The minimum absolute atomic E-state index is 0.119. The average molecular weight is 293 g/mol. The van der Waals surface area contributed by atoms with Crippen molar-refractivity contribution in [2.45, 2.75) is 26.8 Å². The van der Waals surface area contributed by atoms with Gasteiger partial charge >= 0.3 is 0 Å². The number of nitrogens with zero attached hydrogens (tertiary/aromatic N) is 1. The first-order valence-electron chi connectivity index (χ1n) is 6.18. The minimum Gasteiger partial charge on any atom is -0.389 e. The van der Waals surface area contributed by atoms with E-state index >= 15 is 0 Å². The molecular formula is C14H16FN3OS. The summed E-state index contributed by atoms with van der Waals surface area (Å²) < 4.78 is 19.1. The molecule has 0 radical (unpaired) electrons. The molecule has 0 aliphatic carbocycles. The Morgan fingerprint density at radius 1 is 1.45 bits per heavy atom. The zero-order chi connectivity index (χ0) is 14.9. The third kappa shape index (κ3) is 2.80. The average Bonchev–Trinajstić information content (AvgIpc) is 2.71. The molecule has 0 saturated heterocycles. The van der Waals surface area contributed by atoms with Crippen LogP contribution < -0.4 is 11.1 Å². The summed E-state index contributed by atoms with van der Waals surface area (Å²) in [5.41, 5.74) is 8.10. The Morgan fingerprint density at radius 3 is 2.65 bits per heavy atom. The van der Waals surface area contributed by atoms with Crippen LogP contribution in [0, 0.1) is 19.7 Å². The van der Waals surface area contributed by atoms with Crippen LogP contribution in [0.15, 0.2) is 22.7 Å². The van der Waals surface area contributed by atoms with Crippen molar-refractivity contribution >= 4 is 22.9 Å². The maximum atomic E-state index is 14.0. The van der Waals surface area contributed by atoms with Crippen molar-refractivity contribution in [3.8, 4) is 0 Å². The van der Waals surface area contributed by atoms with Crippen LogP contribution in [0.1, 0.15) is 35.5 Å². The number of thiocarbonyl (C=S) groups is 1. The van der Waals surface area contributed by atoms with E-state index in [0.29, 0.717) is 11.3 Å². The Kier molecular flexibility index (Phi) is 4.04. The van der Waals surface area contributed by atoms with Crippen LogP contribution in [0.25, 0.3) is 0 Å². The van der Waals surface area contributed by atoms with Crippen LogP contribution in [-0.2, 0) is 0 Å². The summed E-state index contributed by atoms with van der Waals surface area (Å²) in [5, 5.41) is 7.00. The molecule has 1 heterocycles. The second-order valence-electron chi connectivity index (χ2n) is 4.66. The number of aromatic nitrogens is 1. The van der Waals surface area contributed by atoms with Crippen LogP contribution in [0.5, 0.6) is 0 Å². The molecule has 0 amide bonds. The van der Waals surface area contributed by atoms with Gasteiger partial charge in [-0.05, 0) is 39.0 Å². The highest BCUT2D eigenvalue weighted by molar-refractivity contribution is 7.80. The van der Waals surface area contributed by atoms with Crippen LogP contribution in [0.2, 0.25) is 0 Å². The molecule has 3 N–H and O–H groups in total. The number of benzene rings is 1. The Bertz CT molecular complexity index is 634. The lowest BCUT2D eigenvalue weighted by Crippen LogP contribution is -2.12. The molecule has 1 aromatic carbocycles. The highest BCUT2D eigenvalue weighted by atomic mass is 32.1. The topological polar surface area (TPSA) is 64.1 Å². The first-order valence-corrected chi connectivity index (χ1v) is 6.59. The molecule has 2 rings (SSSR count). The fourth-order valence-electron chi connectivity index (χ4n) is 2.20. The summed E-state index contributed by atoms with van der Waals surface area (Å²) in [6.45, 7) is 5.61. The molecule has 1 atom stereocenters. The van der Waals surface area contributed by atoms with Crippen LogP contribution in [0.4, 0.5) is 10.1 Å². The number of nitrogens with one attached hydrogen (secondary N) is 1. The zero-order valence-corrected chi connectivity index (χ0v) is 12.3. The van der Waals surface area contributed by atoms with Crippen LogP contribution in [0.3, 0.4) is 0 Å². The lowest BCUT2D eigenvalue weighted by atomic mass is 10.1. The molecule has 0 bridgehead atoms. The van der Waals surface area contributed by atoms with Gasteiger partial charge in [-0.2, -0.15) is 0 Å². The highest BCUT2D eigenvalue weighted by Crippen LogP contribution is 2.26. The van der Waals surface area contributed by atoms with Gasteiger partial charge in [0.15, 0.2) is 0 Å². The third-order valence-corrected chi connectivity index (χ3v) is 3.38. The highest BCUT2D eigenvalue weighted by Gasteiger charge is 2.17. The van der Waals surface area contributed by atoms with Gasteiger partial charge < -0.3 is 15.6 Å². The third-order valence-electron chi connectivity index (χ3n) is 3.15. The van der Waals surface area contributed by atoms with Crippen LogP contribution in [-0.4, -0.2) is 10.1 Å². The number of halogens is 1. The van der Waals surface area contributed by atoms with Gasteiger partial charge in [-0.25, -0.2) is 4.39 Å². The normalized spacial score (nSPS) is 12.2. The van der Waals surface area contributed by atoms with E-state index in [1.165, 1.54) is 6.07 Å². The van der Waals surface area contributed by atoms with E-state index in [9.17, 15) is 4.39 Å². The Balaban J connectivity index is 2.24. The van der Waals surface area contributed by atoms with E-state index in [4.69, 9.17) is 22.5 Å². The predicted molar refractivity (Wildman–Crippen MR) is 80.3 cm³/mol. The molecule has 106 valence electrons. The van der Waals surface area contributed by atoms with Gasteiger partial charge in [0.1, 0.15) is 16.6 Å². The first kappa shape index (κ1) is 14.5. The molecule has 4 nitrogen and oxygen atoms in total. The molecule has 6 heteroatoms. The fourth-order valence-corrected chi connectivity index (χ4v) is 2.33. The fraction of sp³-hybridized carbons (Fsp3) is 0.286. The quantitative estimate of drug-likeness (QED) is 0.847. The molecule has 0 spiro atoms. The predicted octanol–water partition coefficient (Wildman–Crippen LogP) is 3.24. The monoisotopic (exact) mass is 293 g/mol. The van der Waals surface area contributed by atoms with Crippen LogP contribution >= 0.6 is 12.2 Å². The van der Waals surface area contributed by atoms with Gasteiger partial charge in [0.05, 0.1) is 17.4 Å². The molecule has 1 aromatic heterocycles. The summed E-state index contributed by atoms with van der Waals surface area (Å²) in [7, 11) is 0. The maximum Gasteiger partial charge on any atom is 0.147 e.